The maximum absolute atomic E-state index is 9.68. The molecule has 0 aromatic carbocycles. The van der Waals surface area contributed by atoms with Crippen LogP contribution in [0.5, 0.6) is 0 Å². The van der Waals surface area contributed by atoms with E-state index in [9.17, 15) is 18.1 Å². The highest BCUT2D eigenvalue weighted by atomic mass is 32.3. The highest BCUT2D eigenvalue weighted by Gasteiger charge is 2.19. The summed E-state index contributed by atoms with van der Waals surface area (Å²) in [7, 11) is -1.22. The number of allylic oxidation sites excluding steroid dienone is 4. The van der Waals surface area contributed by atoms with Crippen molar-refractivity contribution >= 4 is 10.4 Å². The maximum atomic E-state index is 9.68. The fraction of sp³-hybridized carbons (Fsp3) is 0.909. The van der Waals surface area contributed by atoms with Crippen LogP contribution >= 0.6 is 0 Å². The number of likely N-dealkylation sites (N-methyl/N-ethyl adjacent to an activating group) is 1. The summed E-state index contributed by atoms with van der Waals surface area (Å²) in [4.78, 5) is 0. The van der Waals surface area contributed by atoms with Crippen LogP contribution < -0.4 is 0 Å². The number of hydrogen-bond acceptors (Lipinski definition) is 5. The molecule has 0 bridgehead atoms. The number of quaternary nitrogens is 1. The predicted molar refractivity (Wildman–Crippen MR) is 222 cm³/mol. The van der Waals surface area contributed by atoms with E-state index in [0.29, 0.717) is 6.61 Å². The predicted octanol–water partition coefficient (Wildman–Crippen LogP) is 13.2. The fourth-order valence-electron chi connectivity index (χ4n) is 6.77. The van der Waals surface area contributed by atoms with Crippen molar-refractivity contribution in [3.8, 4) is 0 Å². The molecule has 0 rings (SSSR count). The average Bonchev–Trinajstić information content (AvgIpc) is 3.10. The number of hydrogen-bond donors (Lipinski definition) is 1. The van der Waals surface area contributed by atoms with Crippen LogP contribution in [0.4, 0.5) is 0 Å². The van der Waals surface area contributed by atoms with Crippen LogP contribution in [-0.2, 0) is 14.6 Å². The quantitative estimate of drug-likeness (QED) is 0.0223. The smallest absolute Gasteiger partial charge is 0.217 e. The number of unbranched alkanes of at least 4 members (excludes halogenated alkanes) is 28. The number of rotatable bonds is 39. The molecule has 306 valence electrons. The fourth-order valence-corrected chi connectivity index (χ4v) is 6.77. The van der Waals surface area contributed by atoms with Crippen molar-refractivity contribution in [2.45, 2.75) is 219 Å². The van der Waals surface area contributed by atoms with Crippen molar-refractivity contribution < 1.29 is 26.7 Å². The van der Waals surface area contributed by atoms with Gasteiger partial charge in [-0.3, -0.25) is 4.18 Å². The zero-order valence-corrected chi connectivity index (χ0v) is 35.5. The summed E-state index contributed by atoms with van der Waals surface area (Å²) in [6.45, 7) is 8.34. The van der Waals surface area contributed by atoms with Crippen molar-refractivity contribution in [1.82, 2.24) is 0 Å². The molecule has 0 aliphatic heterocycles. The van der Waals surface area contributed by atoms with E-state index in [-0.39, 0.29) is 0 Å². The van der Waals surface area contributed by atoms with Gasteiger partial charge in [0.25, 0.3) is 0 Å². The lowest BCUT2D eigenvalue weighted by molar-refractivity contribution is -0.910. The molecule has 0 saturated heterocycles. The molecule has 0 fully saturated rings. The SMILES string of the molecule is CCCCCCCCCC/C=C\CCCCCCCC[N+](C)(CCO)CCCCCCCC/C=C\CCCCCCCCCC.COS(=O)(=O)[O-]. The van der Waals surface area contributed by atoms with Gasteiger partial charge in [0.1, 0.15) is 6.54 Å². The van der Waals surface area contributed by atoms with Crippen molar-refractivity contribution in [2.24, 2.45) is 0 Å². The van der Waals surface area contributed by atoms with Gasteiger partial charge in [0, 0.05) is 0 Å². The molecule has 0 aromatic heterocycles. The first-order chi connectivity index (χ1) is 24.7. The lowest BCUT2D eigenvalue weighted by atomic mass is 10.1. The molecule has 0 atom stereocenters. The van der Waals surface area contributed by atoms with E-state index in [1.165, 1.54) is 219 Å². The van der Waals surface area contributed by atoms with Gasteiger partial charge in [0.05, 0.1) is 33.9 Å². The van der Waals surface area contributed by atoms with Crippen LogP contribution in [0.3, 0.4) is 0 Å². The Kier molecular flexibility index (Phi) is 43.2. The van der Waals surface area contributed by atoms with E-state index in [0.717, 1.165) is 18.1 Å². The molecule has 0 amide bonds. The lowest BCUT2D eigenvalue weighted by Gasteiger charge is -2.34. The normalized spacial score (nSPS) is 12.3. The Hall–Kier alpha value is -0.730. The summed E-state index contributed by atoms with van der Waals surface area (Å²) in [5.41, 5.74) is 0. The van der Waals surface area contributed by atoms with Gasteiger partial charge in [-0.25, -0.2) is 8.42 Å². The molecule has 51 heavy (non-hydrogen) atoms. The molecule has 0 aliphatic carbocycles. The first-order valence-corrected chi connectivity index (χ1v) is 23.3. The van der Waals surface area contributed by atoms with Crippen LogP contribution in [0.1, 0.15) is 219 Å². The first-order valence-electron chi connectivity index (χ1n) is 22.0. The summed E-state index contributed by atoms with van der Waals surface area (Å²) < 4.78 is 32.1. The average molecular weight is 744 g/mol. The van der Waals surface area contributed by atoms with Gasteiger partial charge < -0.3 is 14.1 Å². The Morgan fingerprint density at radius 2 is 0.706 bits per heavy atom. The second-order valence-corrected chi connectivity index (χ2v) is 16.5. The molecule has 7 heteroatoms. The summed E-state index contributed by atoms with van der Waals surface area (Å²) in [5, 5.41) is 9.68. The van der Waals surface area contributed by atoms with Gasteiger partial charge in [-0.2, -0.15) is 0 Å². The summed E-state index contributed by atoms with van der Waals surface area (Å²) in [5.74, 6) is 0. The number of aliphatic hydroxyl groups excluding tert-OH is 1. The Balaban J connectivity index is 0. The van der Waals surface area contributed by atoms with E-state index in [4.69, 9.17) is 0 Å². The Labute approximate surface area is 320 Å². The van der Waals surface area contributed by atoms with E-state index in [1.807, 2.05) is 0 Å². The molecule has 6 nitrogen and oxygen atoms in total. The molecule has 0 radical (unpaired) electrons. The van der Waals surface area contributed by atoms with Gasteiger partial charge >= 0.3 is 0 Å². The largest absolute Gasteiger partial charge is 0.726 e. The molecular formula is C44H89NO5S. The molecule has 0 spiro atoms. The minimum Gasteiger partial charge on any atom is -0.726 e. The third-order valence-electron chi connectivity index (χ3n) is 10.3. The van der Waals surface area contributed by atoms with Gasteiger partial charge in [-0.15, -0.1) is 0 Å². The Morgan fingerprint density at radius 1 is 0.471 bits per heavy atom. The van der Waals surface area contributed by atoms with Crippen molar-refractivity contribution in [2.75, 3.05) is 40.4 Å². The third-order valence-corrected chi connectivity index (χ3v) is 10.7. The molecule has 0 heterocycles. The monoisotopic (exact) mass is 744 g/mol. The molecule has 0 aliphatic rings. The van der Waals surface area contributed by atoms with E-state index >= 15 is 0 Å². The molecular weight excluding hydrogens is 655 g/mol. The second kappa shape index (κ2) is 42.0. The minimum absolute atomic E-state index is 0.329. The van der Waals surface area contributed by atoms with Gasteiger partial charge in [0.15, 0.2) is 0 Å². The minimum atomic E-state index is -4.41. The first kappa shape index (κ1) is 52.4. The standard InChI is InChI=1S/C43H86NO.CH4O4S/c1-4-6-8-10-12-14-16-18-20-22-24-26-28-30-32-34-36-38-40-44(3,42-43-45)41-39-37-35-33-31-29-27-25-23-21-19-17-15-13-11-9-7-5-2;1-5-6(2,3)4/h22-25,45H,4-21,26-43H2,1-3H3;1H3,(H,2,3,4)/q+1;/p-1/b24-22-,25-23-;. The molecule has 1 N–H and O–H groups in total. The number of aliphatic hydroxyl groups is 1. The molecule has 0 unspecified atom stereocenters. The Bertz CT molecular complexity index is 783. The van der Waals surface area contributed by atoms with E-state index in [1.54, 1.807) is 0 Å². The number of nitrogens with zero attached hydrogens (tertiary/aromatic N) is 1. The highest BCUT2D eigenvalue weighted by molar-refractivity contribution is 7.80. The second-order valence-electron chi connectivity index (χ2n) is 15.4. The van der Waals surface area contributed by atoms with Crippen LogP contribution in [0.15, 0.2) is 24.3 Å². The topological polar surface area (TPSA) is 86.7 Å². The molecule has 0 aromatic rings. The Morgan fingerprint density at radius 3 is 0.941 bits per heavy atom. The van der Waals surface area contributed by atoms with Crippen LogP contribution in [-0.4, -0.2) is 63.0 Å². The lowest BCUT2D eigenvalue weighted by Crippen LogP contribution is -2.47. The van der Waals surface area contributed by atoms with Crippen molar-refractivity contribution in [3.63, 3.8) is 0 Å². The zero-order valence-electron chi connectivity index (χ0n) is 34.7. The summed E-state index contributed by atoms with van der Waals surface area (Å²) >= 11 is 0. The van der Waals surface area contributed by atoms with Crippen molar-refractivity contribution in [3.05, 3.63) is 24.3 Å². The van der Waals surface area contributed by atoms with E-state index in [2.05, 4.69) is 49.4 Å². The molecule has 0 saturated carbocycles. The summed E-state index contributed by atoms with van der Waals surface area (Å²) in [6, 6.07) is 0. The van der Waals surface area contributed by atoms with Crippen LogP contribution in [0.2, 0.25) is 0 Å². The van der Waals surface area contributed by atoms with Crippen molar-refractivity contribution in [1.29, 1.82) is 0 Å². The van der Waals surface area contributed by atoms with E-state index < -0.39 is 10.4 Å². The maximum Gasteiger partial charge on any atom is 0.217 e. The third kappa shape index (κ3) is 47.2. The zero-order chi connectivity index (χ0) is 38.0. The van der Waals surface area contributed by atoms with Gasteiger partial charge in [0.2, 0.25) is 10.4 Å². The van der Waals surface area contributed by atoms with Gasteiger partial charge in [-0.1, -0.05) is 167 Å². The van der Waals surface area contributed by atoms with Crippen LogP contribution in [0.25, 0.3) is 0 Å². The van der Waals surface area contributed by atoms with Gasteiger partial charge in [-0.05, 0) is 77.0 Å². The summed E-state index contributed by atoms with van der Waals surface area (Å²) in [6.07, 6.45) is 54.0. The van der Waals surface area contributed by atoms with Crippen LogP contribution in [0, 0.1) is 0 Å². The highest BCUT2D eigenvalue weighted by Crippen LogP contribution is 2.15.